The maximum absolute atomic E-state index is 10.7. The molecule has 0 saturated heterocycles. The van der Waals surface area contributed by atoms with E-state index in [4.69, 9.17) is 0 Å². The first-order valence-electron chi connectivity index (χ1n) is 6.40. The normalized spacial score (nSPS) is 10.7. The van der Waals surface area contributed by atoms with Crippen molar-refractivity contribution in [2.24, 2.45) is 5.41 Å². The van der Waals surface area contributed by atoms with Gasteiger partial charge < -0.3 is 0 Å². The van der Waals surface area contributed by atoms with Gasteiger partial charge in [0.15, 0.2) is 0 Å². The zero-order valence-electron chi connectivity index (χ0n) is 12.0. The van der Waals surface area contributed by atoms with Gasteiger partial charge in [0.05, 0.1) is 0 Å². The number of benzene rings is 1. The van der Waals surface area contributed by atoms with Crippen LogP contribution in [0.2, 0.25) is 0 Å². The lowest BCUT2D eigenvalue weighted by atomic mass is 9.85. The van der Waals surface area contributed by atoms with Crippen molar-refractivity contribution < 1.29 is 4.79 Å². The molecular formula is C17H22O. The molecule has 0 aliphatic heterocycles. The van der Waals surface area contributed by atoms with Gasteiger partial charge in [0.1, 0.15) is 6.29 Å². The Morgan fingerprint density at radius 3 is 2.44 bits per heavy atom. The van der Waals surface area contributed by atoms with Crippen LogP contribution in [0.1, 0.15) is 55.6 Å². The van der Waals surface area contributed by atoms with E-state index in [2.05, 4.69) is 33.4 Å². The first kappa shape index (κ1) is 14.5. The molecule has 0 N–H and O–H groups in total. The highest BCUT2D eigenvalue weighted by atomic mass is 16.1. The molecule has 0 spiro atoms. The van der Waals surface area contributed by atoms with E-state index in [0.717, 1.165) is 29.4 Å². The molecule has 96 valence electrons. The minimum Gasteiger partial charge on any atom is -0.298 e. The third kappa shape index (κ3) is 3.72. The Morgan fingerprint density at radius 1 is 1.33 bits per heavy atom. The number of allylic oxidation sites excluding steroid dienone is 1. The van der Waals surface area contributed by atoms with Crippen molar-refractivity contribution in [1.29, 1.82) is 0 Å². The molecule has 0 saturated carbocycles. The van der Waals surface area contributed by atoms with Gasteiger partial charge in [0.25, 0.3) is 0 Å². The fourth-order valence-corrected chi connectivity index (χ4v) is 1.95. The summed E-state index contributed by atoms with van der Waals surface area (Å²) >= 11 is 0. The van der Waals surface area contributed by atoms with Crippen LogP contribution in [0.4, 0.5) is 0 Å². The number of aldehydes is 1. The Hall–Kier alpha value is -1.59. The molecule has 0 amide bonds. The third-order valence-corrected chi connectivity index (χ3v) is 3.09. The highest BCUT2D eigenvalue weighted by Crippen LogP contribution is 2.27. The van der Waals surface area contributed by atoms with Crippen LogP contribution in [0.5, 0.6) is 0 Å². The molecule has 0 fully saturated rings. The van der Waals surface area contributed by atoms with E-state index in [-0.39, 0.29) is 5.41 Å². The van der Waals surface area contributed by atoms with Crippen LogP contribution in [-0.4, -0.2) is 6.29 Å². The van der Waals surface area contributed by atoms with Crippen molar-refractivity contribution >= 4 is 12.4 Å². The average molecular weight is 242 g/mol. The van der Waals surface area contributed by atoms with E-state index in [1.807, 2.05) is 31.2 Å². The molecule has 18 heavy (non-hydrogen) atoms. The lowest BCUT2D eigenvalue weighted by Gasteiger charge is -2.19. The molecule has 1 aromatic carbocycles. The van der Waals surface area contributed by atoms with E-state index in [0.29, 0.717) is 0 Å². The maximum atomic E-state index is 10.7. The first-order valence-corrected chi connectivity index (χ1v) is 6.40. The maximum Gasteiger partial charge on any atom is 0.150 e. The summed E-state index contributed by atoms with van der Waals surface area (Å²) in [5, 5.41) is 0. The summed E-state index contributed by atoms with van der Waals surface area (Å²) in [6.07, 6.45) is 3.91. The summed E-state index contributed by atoms with van der Waals surface area (Å²) in [4.78, 5) is 10.7. The fourth-order valence-electron chi connectivity index (χ4n) is 1.95. The van der Waals surface area contributed by atoms with Crippen LogP contribution < -0.4 is 0 Å². The van der Waals surface area contributed by atoms with Gasteiger partial charge in [-0.25, -0.2) is 0 Å². The highest BCUT2D eigenvalue weighted by Gasteiger charge is 2.14. The highest BCUT2D eigenvalue weighted by molar-refractivity contribution is 5.76. The van der Waals surface area contributed by atoms with E-state index in [9.17, 15) is 4.79 Å². The van der Waals surface area contributed by atoms with Crippen LogP contribution in [0.25, 0.3) is 6.08 Å². The van der Waals surface area contributed by atoms with Gasteiger partial charge in [-0.2, -0.15) is 0 Å². The van der Waals surface area contributed by atoms with Gasteiger partial charge in [0, 0.05) is 5.56 Å². The molecule has 0 bridgehead atoms. The third-order valence-electron chi connectivity index (χ3n) is 3.09. The zero-order chi connectivity index (χ0) is 13.8. The minimum absolute atomic E-state index is 0.155. The molecular weight excluding hydrogens is 220 g/mol. The van der Waals surface area contributed by atoms with Gasteiger partial charge in [-0.15, -0.1) is 5.73 Å². The van der Waals surface area contributed by atoms with Crippen molar-refractivity contribution in [2.75, 3.05) is 0 Å². The molecule has 0 aromatic heterocycles. The van der Waals surface area contributed by atoms with Crippen LogP contribution in [0.15, 0.2) is 29.5 Å². The Kier molecular flexibility index (Phi) is 4.69. The van der Waals surface area contributed by atoms with Crippen molar-refractivity contribution in [3.8, 4) is 0 Å². The summed E-state index contributed by atoms with van der Waals surface area (Å²) < 4.78 is 0. The molecule has 0 unspecified atom stereocenters. The molecule has 1 aromatic rings. The molecule has 1 heteroatoms. The zero-order valence-corrected chi connectivity index (χ0v) is 12.0. The summed E-state index contributed by atoms with van der Waals surface area (Å²) in [6, 6.07) is 5.72. The number of hydrogen-bond donors (Lipinski definition) is 0. The summed E-state index contributed by atoms with van der Waals surface area (Å²) in [5.41, 5.74) is 7.82. The number of rotatable bonds is 3. The lowest BCUT2D eigenvalue weighted by Crippen LogP contribution is -2.07. The Morgan fingerprint density at radius 2 is 2.00 bits per heavy atom. The predicted molar refractivity (Wildman–Crippen MR) is 77.8 cm³/mol. The molecule has 0 heterocycles. The molecule has 0 aliphatic carbocycles. The molecule has 1 nitrogen and oxygen atoms in total. The van der Waals surface area contributed by atoms with Crippen molar-refractivity contribution in [2.45, 2.75) is 41.0 Å². The van der Waals surface area contributed by atoms with Gasteiger partial charge in [0.2, 0.25) is 0 Å². The van der Waals surface area contributed by atoms with Gasteiger partial charge in [-0.3, -0.25) is 4.79 Å². The Balaban J connectivity index is 3.17. The Bertz CT molecular complexity index is 495. The standard InChI is InChI=1S/C17H22O/c1-6-16(17(3,4)5)10-9-15-8-7-14(12-18)11-13(15)2/h7-9,11-12H,6H2,1-5H3. The van der Waals surface area contributed by atoms with Crippen molar-refractivity contribution in [3.63, 3.8) is 0 Å². The van der Waals surface area contributed by atoms with Crippen LogP contribution in [-0.2, 0) is 0 Å². The second-order valence-corrected chi connectivity index (χ2v) is 5.60. The number of carbonyl (C=O) groups is 1. The second-order valence-electron chi connectivity index (χ2n) is 5.60. The van der Waals surface area contributed by atoms with Crippen LogP contribution in [0.3, 0.4) is 0 Å². The largest absolute Gasteiger partial charge is 0.298 e. The summed E-state index contributed by atoms with van der Waals surface area (Å²) in [7, 11) is 0. The second kappa shape index (κ2) is 5.84. The number of aryl methyl sites for hydroxylation is 1. The topological polar surface area (TPSA) is 17.1 Å². The van der Waals surface area contributed by atoms with Gasteiger partial charge in [-0.1, -0.05) is 39.8 Å². The summed E-state index contributed by atoms with van der Waals surface area (Å²) in [6.45, 7) is 10.8. The quantitative estimate of drug-likeness (QED) is 0.549. The van der Waals surface area contributed by atoms with E-state index in [1.54, 1.807) is 0 Å². The van der Waals surface area contributed by atoms with E-state index < -0.39 is 0 Å². The van der Waals surface area contributed by atoms with E-state index in [1.165, 1.54) is 5.57 Å². The molecule has 0 radical (unpaired) electrons. The predicted octanol–water partition coefficient (Wildman–Crippen LogP) is 4.80. The number of hydrogen-bond acceptors (Lipinski definition) is 1. The average Bonchev–Trinajstić information content (AvgIpc) is 2.29. The monoisotopic (exact) mass is 242 g/mol. The fraction of sp³-hybridized carbons (Fsp3) is 0.412. The number of carbonyl (C=O) groups excluding carboxylic acids is 1. The van der Waals surface area contributed by atoms with Crippen LogP contribution >= 0.6 is 0 Å². The molecule has 0 aliphatic rings. The summed E-state index contributed by atoms with van der Waals surface area (Å²) in [5.74, 6) is 0. The van der Waals surface area contributed by atoms with Crippen molar-refractivity contribution in [3.05, 3.63) is 46.2 Å². The van der Waals surface area contributed by atoms with Gasteiger partial charge >= 0.3 is 0 Å². The van der Waals surface area contributed by atoms with Crippen LogP contribution in [0, 0.1) is 12.3 Å². The minimum atomic E-state index is 0.155. The first-order chi connectivity index (χ1) is 8.38. The molecule has 1 rings (SSSR count). The Labute approximate surface area is 110 Å². The van der Waals surface area contributed by atoms with Gasteiger partial charge in [-0.05, 0) is 47.6 Å². The SMILES string of the molecule is CCC(=C=Cc1ccc(C=O)cc1C)C(C)(C)C. The lowest BCUT2D eigenvalue weighted by molar-refractivity contribution is 0.112. The van der Waals surface area contributed by atoms with E-state index >= 15 is 0 Å². The van der Waals surface area contributed by atoms with Crippen molar-refractivity contribution in [1.82, 2.24) is 0 Å². The molecule has 0 atom stereocenters. The smallest absolute Gasteiger partial charge is 0.150 e.